The van der Waals surface area contributed by atoms with Gasteiger partial charge >= 0.3 is 11.9 Å². The second kappa shape index (κ2) is 7.96. The van der Waals surface area contributed by atoms with E-state index in [0.29, 0.717) is 11.8 Å². The van der Waals surface area contributed by atoms with E-state index in [1.165, 1.54) is 24.0 Å². The lowest BCUT2D eigenvalue weighted by molar-refractivity contribution is -0.153. The second-order valence-corrected chi connectivity index (χ2v) is 12.4. The maximum atomic E-state index is 12.3. The molecular weight excluding hydrogens is 424 g/mol. The van der Waals surface area contributed by atoms with E-state index < -0.39 is 5.60 Å². The zero-order valence-electron chi connectivity index (χ0n) is 21.7. The Bertz CT molecular complexity index is 1040. The van der Waals surface area contributed by atoms with Crippen LogP contribution >= 0.6 is 0 Å². The zero-order valence-corrected chi connectivity index (χ0v) is 21.7. The molecule has 0 aromatic heterocycles. The largest absolute Gasteiger partial charge is 0.458 e. The zero-order chi connectivity index (χ0) is 24.5. The lowest BCUT2D eigenvalue weighted by Crippen LogP contribution is -2.46. The van der Waals surface area contributed by atoms with E-state index in [1.54, 1.807) is 11.6 Å². The van der Waals surface area contributed by atoms with Gasteiger partial charge in [-0.15, -0.1) is 0 Å². The highest BCUT2D eigenvalue weighted by molar-refractivity contribution is 5.88. The fourth-order valence-electron chi connectivity index (χ4n) is 8.19. The van der Waals surface area contributed by atoms with Gasteiger partial charge in [-0.3, -0.25) is 0 Å². The molecule has 0 N–H and O–H groups in total. The van der Waals surface area contributed by atoms with Crippen molar-refractivity contribution in [3.63, 3.8) is 0 Å². The number of carbonyl (C=O) groups excluding carboxylic acids is 2. The minimum absolute atomic E-state index is 0.0146. The monoisotopic (exact) mass is 464 g/mol. The van der Waals surface area contributed by atoms with Crippen molar-refractivity contribution in [3.05, 3.63) is 46.6 Å². The predicted octanol–water partition coefficient (Wildman–Crippen LogP) is 6.63. The molecule has 1 saturated carbocycles. The molecule has 0 saturated heterocycles. The Morgan fingerprint density at radius 3 is 2.53 bits per heavy atom. The van der Waals surface area contributed by atoms with Crippen LogP contribution in [0.5, 0.6) is 0 Å². The highest BCUT2D eigenvalue weighted by Gasteiger charge is 2.60. The Kier molecular flexibility index (Phi) is 5.53. The van der Waals surface area contributed by atoms with Gasteiger partial charge in [-0.05, 0) is 93.1 Å². The van der Waals surface area contributed by atoms with Gasteiger partial charge in [0.2, 0.25) is 0 Å². The summed E-state index contributed by atoms with van der Waals surface area (Å²) in [5.74, 6) is 0.711. The van der Waals surface area contributed by atoms with E-state index in [9.17, 15) is 9.59 Å². The summed E-state index contributed by atoms with van der Waals surface area (Å²) in [5, 5.41) is 0. The predicted molar refractivity (Wildman–Crippen MR) is 133 cm³/mol. The van der Waals surface area contributed by atoms with Crippen LogP contribution in [0.25, 0.3) is 0 Å². The molecule has 5 aliphatic rings. The van der Waals surface area contributed by atoms with E-state index in [4.69, 9.17) is 9.47 Å². The summed E-state index contributed by atoms with van der Waals surface area (Å²) < 4.78 is 11.7. The molecule has 34 heavy (non-hydrogen) atoms. The van der Waals surface area contributed by atoms with Gasteiger partial charge < -0.3 is 9.47 Å². The smallest absolute Gasteiger partial charge is 0.333 e. The first-order valence-corrected chi connectivity index (χ1v) is 13.2. The number of rotatable bonds is 2. The molecule has 184 valence electrons. The molecule has 0 bridgehead atoms. The fourth-order valence-corrected chi connectivity index (χ4v) is 8.19. The van der Waals surface area contributed by atoms with Crippen molar-refractivity contribution >= 4 is 11.9 Å². The Morgan fingerprint density at radius 2 is 1.79 bits per heavy atom. The third kappa shape index (κ3) is 3.46. The number of hydrogen-bond acceptors (Lipinski definition) is 4. The fraction of sp³-hybridized carbons (Fsp3) is 0.667. The first kappa shape index (κ1) is 23.6. The van der Waals surface area contributed by atoms with E-state index in [2.05, 4.69) is 46.8 Å². The lowest BCUT2D eigenvalue weighted by Gasteiger charge is -2.52. The molecular formula is C30H40O4. The molecule has 2 heterocycles. The van der Waals surface area contributed by atoms with Crippen LogP contribution in [-0.2, 0) is 19.1 Å². The van der Waals surface area contributed by atoms with Crippen molar-refractivity contribution in [3.8, 4) is 0 Å². The summed E-state index contributed by atoms with van der Waals surface area (Å²) in [6.45, 7) is 13.3. The number of hydrogen-bond donors (Lipinski definition) is 0. The summed E-state index contributed by atoms with van der Waals surface area (Å²) in [5.41, 5.74) is 4.93. The van der Waals surface area contributed by atoms with Crippen LogP contribution in [0.15, 0.2) is 46.6 Å². The third-order valence-electron chi connectivity index (χ3n) is 10.5. The van der Waals surface area contributed by atoms with Crippen molar-refractivity contribution in [1.29, 1.82) is 0 Å². The van der Waals surface area contributed by atoms with Crippen molar-refractivity contribution in [2.24, 2.45) is 28.6 Å². The summed E-state index contributed by atoms with van der Waals surface area (Å²) in [6.07, 6.45) is 15.6. The van der Waals surface area contributed by atoms with E-state index in [1.807, 2.05) is 13.0 Å². The Hall–Kier alpha value is -2.10. The van der Waals surface area contributed by atoms with Crippen LogP contribution < -0.4 is 0 Å². The average Bonchev–Trinajstić information content (AvgIpc) is 2.88. The molecule has 0 amide bonds. The van der Waals surface area contributed by atoms with Gasteiger partial charge in [0, 0.05) is 24.0 Å². The number of fused-ring (bicyclic) bond motifs is 3. The van der Waals surface area contributed by atoms with Gasteiger partial charge in [0.25, 0.3) is 0 Å². The van der Waals surface area contributed by atoms with Gasteiger partial charge in [-0.25, -0.2) is 9.59 Å². The molecule has 1 fully saturated rings. The quantitative estimate of drug-likeness (QED) is 0.431. The van der Waals surface area contributed by atoms with Crippen molar-refractivity contribution in [2.45, 2.75) is 98.2 Å². The van der Waals surface area contributed by atoms with Gasteiger partial charge in [-0.2, -0.15) is 0 Å². The highest BCUT2D eigenvalue weighted by atomic mass is 16.6. The highest BCUT2D eigenvalue weighted by Crippen LogP contribution is 2.68. The molecule has 4 nitrogen and oxygen atoms in total. The normalized spacial score (nSPS) is 40.0. The SMILES string of the molecule is CC1=CCC([C@@H](C)[C@H]2CC[C@@]3(C)C4=C(C=C5C=CC(=O)OC(C)(C)[C@@H]5CC4)CC[C@]23C)OC1=O. The number of ether oxygens (including phenoxy) is 2. The van der Waals surface area contributed by atoms with E-state index in [0.717, 1.165) is 37.7 Å². The minimum Gasteiger partial charge on any atom is -0.458 e. The van der Waals surface area contributed by atoms with Crippen LogP contribution in [0.4, 0.5) is 0 Å². The average molecular weight is 465 g/mol. The Balaban J connectivity index is 1.47. The molecule has 0 aromatic rings. The first-order chi connectivity index (χ1) is 16.0. The topological polar surface area (TPSA) is 52.6 Å². The van der Waals surface area contributed by atoms with Crippen molar-refractivity contribution < 1.29 is 19.1 Å². The lowest BCUT2D eigenvalue weighted by atomic mass is 9.52. The van der Waals surface area contributed by atoms with E-state index >= 15 is 0 Å². The molecule has 6 atom stereocenters. The summed E-state index contributed by atoms with van der Waals surface area (Å²) in [4.78, 5) is 24.4. The number of cyclic esters (lactones) is 2. The van der Waals surface area contributed by atoms with Crippen LogP contribution in [0, 0.1) is 28.6 Å². The second-order valence-electron chi connectivity index (χ2n) is 12.4. The molecule has 0 aromatic carbocycles. The first-order valence-electron chi connectivity index (χ1n) is 13.2. The van der Waals surface area contributed by atoms with Crippen LogP contribution in [0.3, 0.4) is 0 Å². The van der Waals surface area contributed by atoms with Crippen LogP contribution in [0.2, 0.25) is 0 Å². The van der Waals surface area contributed by atoms with Gasteiger partial charge in [0.15, 0.2) is 0 Å². The summed E-state index contributed by atoms with van der Waals surface area (Å²) in [6, 6.07) is 0. The van der Waals surface area contributed by atoms with Gasteiger partial charge in [0.1, 0.15) is 11.7 Å². The van der Waals surface area contributed by atoms with Crippen molar-refractivity contribution in [1.82, 2.24) is 0 Å². The maximum absolute atomic E-state index is 12.3. The molecule has 4 heteroatoms. The molecule has 0 radical (unpaired) electrons. The van der Waals surface area contributed by atoms with Gasteiger partial charge in [-0.1, -0.05) is 44.6 Å². The standard InChI is InChI=1S/C30H40O4/c1-18-7-11-25(33-27(18)32)19(2)22-14-16-30(6)24-10-9-23-20(8-12-26(31)34-28(23,3)4)17-21(24)13-15-29(22,30)5/h7-8,12,17,19,22-23,25H,9-11,13-16H2,1-6H3/t19-,22+,23+,25?,29+,30-/m0/s1. The molecule has 2 aliphatic heterocycles. The number of carbonyl (C=O) groups is 2. The van der Waals surface area contributed by atoms with Gasteiger partial charge in [0.05, 0.1) is 0 Å². The number of allylic oxidation sites excluding steroid dienone is 4. The van der Waals surface area contributed by atoms with Crippen LogP contribution in [-0.4, -0.2) is 23.6 Å². The molecule has 1 unspecified atom stereocenters. The molecule has 3 aliphatic carbocycles. The van der Waals surface area contributed by atoms with Crippen LogP contribution in [0.1, 0.15) is 86.5 Å². The number of esters is 2. The maximum Gasteiger partial charge on any atom is 0.333 e. The molecule has 5 rings (SSSR count). The third-order valence-corrected chi connectivity index (χ3v) is 10.5. The molecule has 0 spiro atoms. The summed E-state index contributed by atoms with van der Waals surface area (Å²) >= 11 is 0. The Morgan fingerprint density at radius 1 is 1.03 bits per heavy atom. The Labute approximate surface area is 204 Å². The minimum atomic E-state index is -0.505. The summed E-state index contributed by atoms with van der Waals surface area (Å²) in [7, 11) is 0. The van der Waals surface area contributed by atoms with Crippen molar-refractivity contribution in [2.75, 3.05) is 0 Å². The van der Waals surface area contributed by atoms with E-state index in [-0.39, 0.29) is 34.8 Å².